The maximum atomic E-state index is 4.29. The molecule has 0 spiro atoms. The predicted octanol–water partition coefficient (Wildman–Crippen LogP) is 3.09. The summed E-state index contributed by atoms with van der Waals surface area (Å²) < 4.78 is 0. The van der Waals surface area contributed by atoms with E-state index in [2.05, 4.69) is 33.4 Å². The molecule has 2 heteroatoms. The highest BCUT2D eigenvalue weighted by atomic mass is 32.2. The molecule has 0 aromatic heterocycles. The van der Waals surface area contributed by atoms with E-state index in [1.807, 2.05) is 11.8 Å². The Hall–Kier alpha value is 0.700. The molecule has 0 fully saturated rings. The minimum absolute atomic E-state index is 0.420. The van der Waals surface area contributed by atoms with Crippen molar-refractivity contribution in [1.29, 1.82) is 0 Å². The molecule has 0 saturated carbocycles. The van der Waals surface area contributed by atoms with Gasteiger partial charge < -0.3 is 0 Å². The van der Waals surface area contributed by atoms with Gasteiger partial charge in [-0.2, -0.15) is 24.4 Å². The second-order valence-electron chi connectivity index (χ2n) is 3.37. The van der Waals surface area contributed by atoms with Crippen molar-refractivity contribution in [2.24, 2.45) is 5.41 Å². The van der Waals surface area contributed by atoms with Gasteiger partial charge in [0, 0.05) is 0 Å². The van der Waals surface area contributed by atoms with Crippen LogP contribution in [0.2, 0.25) is 0 Å². The molecule has 0 aromatic carbocycles. The van der Waals surface area contributed by atoms with Crippen molar-refractivity contribution < 1.29 is 0 Å². The summed E-state index contributed by atoms with van der Waals surface area (Å²) in [5.41, 5.74) is 0.420. The van der Waals surface area contributed by atoms with Crippen molar-refractivity contribution in [3.05, 3.63) is 0 Å². The molecule has 0 unspecified atom stereocenters. The van der Waals surface area contributed by atoms with Gasteiger partial charge in [0.15, 0.2) is 0 Å². The Labute approximate surface area is 74.6 Å². The molecule has 0 aliphatic heterocycles. The Bertz CT molecular complexity index is 79.3. The van der Waals surface area contributed by atoms with E-state index in [4.69, 9.17) is 0 Å². The Morgan fingerprint density at radius 1 is 1.40 bits per heavy atom. The van der Waals surface area contributed by atoms with Crippen LogP contribution in [-0.4, -0.2) is 17.3 Å². The van der Waals surface area contributed by atoms with Crippen LogP contribution >= 0.6 is 24.4 Å². The van der Waals surface area contributed by atoms with Gasteiger partial charge in [0.25, 0.3) is 0 Å². The molecule has 0 atom stereocenters. The first kappa shape index (κ1) is 10.7. The smallest absolute Gasteiger partial charge is 0.000829 e. The average Bonchev–Trinajstić information content (AvgIpc) is 1.89. The quantitative estimate of drug-likeness (QED) is 0.498. The summed E-state index contributed by atoms with van der Waals surface area (Å²) in [5, 5.41) is 0. The molecule has 0 N–H and O–H groups in total. The molecule has 0 rings (SSSR count). The summed E-state index contributed by atoms with van der Waals surface area (Å²) in [6, 6.07) is 0. The van der Waals surface area contributed by atoms with E-state index in [1.165, 1.54) is 17.9 Å². The van der Waals surface area contributed by atoms with Gasteiger partial charge in [0.05, 0.1) is 0 Å². The maximum absolute atomic E-state index is 4.29. The third-order valence-electron chi connectivity index (χ3n) is 1.27. The Balaban J connectivity index is 3.28. The number of hydrogen-bond acceptors (Lipinski definition) is 2. The van der Waals surface area contributed by atoms with Gasteiger partial charge in [0.1, 0.15) is 0 Å². The highest BCUT2D eigenvalue weighted by molar-refractivity contribution is 7.99. The summed E-state index contributed by atoms with van der Waals surface area (Å²) in [5.74, 6) is 3.52. The first-order chi connectivity index (χ1) is 4.62. The molecule has 0 bridgehead atoms. The van der Waals surface area contributed by atoms with E-state index >= 15 is 0 Å². The largest absolute Gasteiger partial charge is 0.179 e. The van der Waals surface area contributed by atoms with Crippen molar-refractivity contribution in [2.45, 2.75) is 27.2 Å². The highest BCUT2D eigenvalue weighted by Crippen LogP contribution is 2.22. The van der Waals surface area contributed by atoms with E-state index in [9.17, 15) is 0 Å². The minimum Gasteiger partial charge on any atom is -0.179 e. The van der Waals surface area contributed by atoms with Crippen LogP contribution in [0, 0.1) is 5.41 Å². The zero-order chi connectivity index (χ0) is 8.04. The van der Waals surface area contributed by atoms with E-state index in [-0.39, 0.29) is 0 Å². The van der Waals surface area contributed by atoms with Crippen LogP contribution < -0.4 is 0 Å². The lowest BCUT2D eigenvalue weighted by Gasteiger charge is -2.20. The first-order valence-corrected chi connectivity index (χ1v) is 5.59. The molecule has 0 saturated heterocycles. The summed E-state index contributed by atoms with van der Waals surface area (Å²) in [4.78, 5) is 0. The molecule has 0 aliphatic rings. The van der Waals surface area contributed by atoms with Gasteiger partial charge in [-0.05, 0) is 29.1 Å². The monoisotopic (exact) mass is 178 g/mol. The van der Waals surface area contributed by atoms with Gasteiger partial charge in [-0.3, -0.25) is 0 Å². The second-order valence-corrected chi connectivity index (χ2v) is 4.80. The van der Waals surface area contributed by atoms with Crippen molar-refractivity contribution in [3.8, 4) is 0 Å². The topological polar surface area (TPSA) is 0 Å². The van der Waals surface area contributed by atoms with Crippen molar-refractivity contribution in [1.82, 2.24) is 0 Å². The summed E-state index contributed by atoms with van der Waals surface area (Å²) in [7, 11) is 0. The van der Waals surface area contributed by atoms with Crippen LogP contribution in [0.1, 0.15) is 27.2 Å². The van der Waals surface area contributed by atoms with Crippen molar-refractivity contribution in [3.63, 3.8) is 0 Å². The van der Waals surface area contributed by atoms with Crippen LogP contribution in [-0.2, 0) is 0 Å². The fraction of sp³-hybridized carbons (Fsp3) is 1.00. The van der Waals surface area contributed by atoms with Crippen LogP contribution in [0.5, 0.6) is 0 Å². The molecular formula is C8H18S2. The SMILES string of the molecule is CCCSCC(C)(C)CS. The van der Waals surface area contributed by atoms with Crippen molar-refractivity contribution >= 4 is 24.4 Å². The molecule has 0 amide bonds. The molecule has 0 aliphatic carbocycles. The predicted molar refractivity (Wildman–Crippen MR) is 55.3 cm³/mol. The Kier molecular flexibility index (Phi) is 5.74. The van der Waals surface area contributed by atoms with Gasteiger partial charge >= 0.3 is 0 Å². The standard InChI is InChI=1S/C8H18S2/c1-4-5-10-7-8(2,3)6-9/h9H,4-7H2,1-3H3. The van der Waals surface area contributed by atoms with Crippen LogP contribution in [0.25, 0.3) is 0 Å². The summed E-state index contributed by atoms with van der Waals surface area (Å²) in [6.07, 6.45) is 1.29. The van der Waals surface area contributed by atoms with Gasteiger partial charge in [-0.15, -0.1) is 0 Å². The van der Waals surface area contributed by atoms with E-state index in [1.54, 1.807) is 0 Å². The molecule has 62 valence electrons. The third-order valence-corrected chi connectivity index (χ3v) is 3.81. The fourth-order valence-corrected chi connectivity index (χ4v) is 1.89. The zero-order valence-corrected chi connectivity index (χ0v) is 8.89. The number of thioether (sulfide) groups is 1. The lowest BCUT2D eigenvalue weighted by atomic mass is 10.0. The van der Waals surface area contributed by atoms with E-state index < -0.39 is 0 Å². The summed E-state index contributed by atoms with van der Waals surface area (Å²) in [6.45, 7) is 6.76. The van der Waals surface area contributed by atoms with Crippen LogP contribution in [0.3, 0.4) is 0 Å². The molecule has 0 radical (unpaired) electrons. The maximum Gasteiger partial charge on any atom is -0.000829 e. The first-order valence-electron chi connectivity index (χ1n) is 3.81. The van der Waals surface area contributed by atoms with Gasteiger partial charge in [0.2, 0.25) is 0 Å². The van der Waals surface area contributed by atoms with Gasteiger partial charge in [-0.25, -0.2) is 0 Å². The van der Waals surface area contributed by atoms with Crippen molar-refractivity contribution in [2.75, 3.05) is 17.3 Å². The van der Waals surface area contributed by atoms with Gasteiger partial charge in [-0.1, -0.05) is 20.8 Å². The fourth-order valence-electron chi connectivity index (χ4n) is 0.538. The molecule has 0 aromatic rings. The van der Waals surface area contributed by atoms with Crippen LogP contribution in [0.15, 0.2) is 0 Å². The number of rotatable bonds is 5. The lowest BCUT2D eigenvalue weighted by molar-refractivity contribution is 0.493. The minimum atomic E-state index is 0.420. The lowest BCUT2D eigenvalue weighted by Crippen LogP contribution is -2.16. The normalized spacial score (nSPS) is 12.0. The highest BCUT2D eigenvalue weighted by Gasteiger charge is 2.14. The molecular weight excluding hydrogens is 160 g/mol. The zero-order valence-electron chi connectivity index (χ0n) is 7.18. The Morgan fingerprint density at radius 2 is 2.00 bits per heavy atom. The van der Waals surface area contributed by atoms with Crippen LogP contribution in [0.4, 0.5) is 0 Å². The number of hydrogen-bond donors (Lipinski definition) is 1. The average molecular weight is 178 g/mol. The number of thiol groups is 1. The van der Waals surface area contributed by atoms with E-state index in [0.717, 1.165) is 5.75 Å². The summed E-state index contributed by atoms with van der Waals surface area (Å²) >= 11 is 6.33. The molecule has 0 nitrogen and oxygen atoms in total. The molecule has 10 heavy (non-hydrogen) atoms. The third kappa shape index (κ3) is 5.48. The second kappa shape index (κ2) is 5.36. The molecule has 0 heterocycles. The van der Waals surface area contributed by atoms with E-state index in [0.29, 0.717) is 5.41 Å². The Morgan fingerprint density at radius 3 is 2.40 bits per heavy atom.